The van der Waals surface area contributed by atoms with Gasteiger partial charge in [0.1, 0.15) is 0 Å². The molecule has 116 valence electrons. The van der Waals surface area contributed by atoms with Gasteiger partial charge in [-0.2, -0.15) is 0 Å². The largest absolute Gasteiger partial charge is 0.462 e. The number of hydrogen-bond acceptors (Lipinski definition) is 4. The standard InChI is InChI=1S/C17H19NO4/c1-18-15(19)13-8-7-12(9-14(13)16(18)20)17(21)22-10-11-5-3-2-4-6-11/h7-9,11H,2-6,10H2,1H3. The SMILES string of the molecule is CN1C(=O)c2ccc(C(=O)OCC3CCCCC3)cc2C1=O. The summed E-state index contributed by atoms with van der Waals surface area (Å²) >= 11 is 0. The topological polar surface area (TPSA) is 63.7 Å². The zero-order valence-corrected chi connectivity index (χ0v) is 12.6. The Labute approximate surface area is 129 Å². The Hall–Kier alpha value is -2.17. The van der Waals surface area contributed by atoms with Crippen LogP contribution in [0.1, 0.15) is 63.2 Å². The third kappa shape index (κ3) is 2.63. The molecule has 0 atom stereocenters. The predicted molar refractivity (Wildman–Crippen MR) is 79.7 cm³/mol. The summed E-state index contributed by atoms with van der Waals surface area (Å²) in [4.78, 5) is 36.9. The van der Waals surface area contributed by atoms with E-state index in [2.05, 4.69) is 0 Å². The molecule has 3 rings (SSSR count). The van der Waals surface area contributed by atoms with E-state index in [0.29, 0.717) is 23.7 Å². The molecule has 1 aliphatic carbocycles. The van der Waals surface area contributed by atoms with Crippen LogP contribution in [0.2, 0.25) is 0 Å². The number of carbonyl (C=O) groups excluding carboxylic acids is 3. The first kappa shape index (κ1) is 14.8. The van der Waals surface area contributed by atoms with Crippen LogP contribution in [0, 0.1) is 5.92 Å². The molecule has 22 heavy (non-hydrogen) atoms. The Morgan fingerprint density at radius 3 is 2.55 bits per heavy atom. The zero-order chi connectivity index (χ0) is 15.7. The number of imide groups is 1. The van der Waals surface area contributed by atoms with Gasteiger partial charge in [0.25, 0.3) is 11.8 Å². The quantitative estimate of drug-likeness (QED) is 0.636. The number of nitrogens with zero attached hydrogens (tertiary/aromatic N) is 1. The lowest BCUT2D eigenvalue weighted by atomic mass is 9.90. The van der Waals surface area contributed by atoms with Gasteiger partial charge in [-0.25, -0.2) is 4.79 Å². The van der Waals surface area contributed by atoms with Crippen LogP contribution in [0.15, 0.2) is 18.2 Å². The van der Waals surface area contributed by atoms with Crippen molar-refractivity contribution in [3.63, 3.8) is 0 Å². The Morgan fingerprint density at radius 2 is 1.82 bits per heavy atom. The van der Waals surface area contributed by atoms with Gasteiger partial charge in [0, 0.05) is 7.05 Å². The first-order chi connectivity index (χ1) is 10.6. The molecule has 5 nitrogen and oxygen atoms in total. The van der Waals surface area contributed by atoms with Crippen molar-refractivity contribution in [2.24, 2.45) is 5.92 Å². The van der Waals surface area contributed by atoms with Crippen molar-refractivity contribution in [3.05, 3.63) is 34.9 Å². The molecule has 1 fully saturated rings. The summed E-state index contributed by atoms with van der Waals surface area (Å²) in [5.74, 6) is -0.686. The third-order valence-electron chi connectivity index (χ3n) is 4.50. The van der Waals surface area contributed by atoms with Crippen molar-refractivity contribution in [2.75, 3.05) is 13.7 Å². The van der Waals surface area contributed by atoms with Crippen LogP contribution in [-0.2, 0) is 4.74 Å². The number of esters is 1. The van der Waals surface area contributed by atoms with Crippen LogP contribution in [0.3, 0.4) is 0 Å². The number of amides is 2. The summed E-state index contributed by atoms with van der Waals surface area (Å²) in [5, 5.41) is 0. The molecule has 1 saturated carbocycles. The molecular weight excluding hydrogens is 282 g/mol. The molecule has 0 radical (unpaired) electrons. The molecule has 0 bridgehead atoms. The van der Waals surface area contributed by atoms with E-state index < -0.39 is 5.97 Å². The number of fused-ring (bicyclic) bond motifs is 1. The van der Waals surface area contributed by atoms with Crippen molar-refractivity contribution >= 4 is 17.8 Å². The van der Waals surface area contributed by atoms with E-state index in [1.807, 2.05) is 0 Å². The van der Waals surface area contributed by atoms with E-state index in [-0.39, 0.29) is 17.4 Å². The predicted octanol–water partition coefficient (Wildman–Crippen LogP) is 2.65. The normalized spacial score (nSPS) is 18.5. The van der Waals surface area contributed by atoms with Crippen LogP contribution in [0.4, 0.5) is 0 Å². The minimum Gasteiger partial charge on any atom is -0.462 e. The lowest BCUT2D eigenvalue weighted by Crippen LogP contribution is -2.24. The van der Waals surface area contributed by atoms with E-state index in [1.165, 1.54) is 38.4 Å². The summed E-state index contributed by atoms with van der Waals surface area (Å²) in [6.45, 7) is 0.433. The van der Waals surface area contributed by atoms with Gasteiger partial charge < -0.3 is 4.74 Å². The van der Waals surface area contributed by atoms with E-state index in [0.717, 1.165) is 17.7 Å². The second-order valence-electron chi connectivity index (χ2n) is 6.03. The maximum absolute atomic E-state index is 12.1. The summed E-state index contributed by atoms with van der Waals surface area (Å²) in [7, 11) is 1.44. The fraction of sp³-hybridized carbons (Fsp3) is 0.471. The van der Waals surface area contributed by atoms with Gasteiger partial charge in [0.15, 0.2) is 0 Å². The molecule has 2 amide bonds. The summed E-state index contributed by atoms with van der Waals surface area (Å²) in [5.41, 5.74) is 0.946. The van der Waals surface area contributed by atoms with Gasteiger partial charge in [0.05, 0.1) is 23.3 Å². The molecule has 1 aromatic rings. The molecule has 1 aromatic carbocycles. The fourth-order valence-electron chi connectivity index (χ4n) is 3.12. The van der Waals surface area contributed by atoms with E-state index in [4.69, 9.17) is 4.74 Å². The van der Waals surface area contributed by atoms with E-state index in [1.54, 1.807) is 6.07 Å². The highest BCUT2D eigenvalue weighted by Crippen LogP contribution is 2.25. The highest BCUT2D eigenvalue weighted by molar-refractivity contribution is 6.21. The number of rotatable bonds is 3. The van der Waals surface area contributed by atoms with Crippen molar-refractivity contribution in [1.29, 1.82) is 0 Å². The highest BCUT2D eigenvalue weighted by Gasteiger charge is 2.33. The van der Waals surface area contributed by atoms with Crippen LogP contribution >= 0.6 is 0 Å². The van der Waals surface area contributed by atoms with Gasteiger partial charge >= 0.3 is 5.97 Å². The average molecular weight is 301 g/mol. The highest BCUT2D eigenvalue weighted by atomic mass is 16.5. The lowest BCUT2D eigenvalue weighted by Gasteiger charge is -2.21. The second kappa shape index (κ2) is 5.91. The molecule has 0 unspecified atom stereocenters. The van der Waals surface area contributed by atoms with Crippen molar-refractivity contribution in [2.45, 2.75) is 32.1 Å². The van der Waals surface area contributed by atoms with Gasteiger partial charge in [-0.05, 0) is 37.0 Å². The van der Waals surface area contributed by atoms with Gasteiger partial charge in [-0.1, -0.05) is 19.3 Å². The fourth-order valence-corrected chi connectivity index (χ4v) is 3.12. The molecule has 1 heterocycles. The van der Waals surface area contributed by atoms with Crippen LogP contribution < -0.4 is 0 Å². The third-order valence-corrected chi connectivity index (χ3v) is 4.50. The molecule has 2 aliphatic rings. The van der Waals surface area contributed by atoms with Crippen LogP contribution in [0.25, 0.3) is 0 Å². The molecule has 0 spiro atoms. The maximum atomic E-state index is 12.1. The lowest BCUT2D eigenvalue weighted by molar-refractivity contribution is 0.0410. The number of ether oxygens (including phenoxy) is 1. The Morgan fingerprint density at radius 1 is 1.14 bits per heavy atom. The van der Waals surface area contributed by atoms with Gasteiger partial charge in [-0.3, -0.25) is 14.5 Å². The van der Waals surface area contributed by atoms with Crippen molar-refractivity contribution in [1.82, 2.24) is 4.90 Å². The average Bonchev–Trinajstić information content (AvgIpc) is 2.78. The molecule has 0 aromatic heterocycles. The summed E-state index contributed by atoms with van der Waals surface area (Å²) < 4.78 is 5.37. The smallest absolute Gasteiger partial charge is 0.338 e. The van der Waals surface area contributed by atoms with Crippen molar-refractivity contribution in [3.8, 4) is 0 Å². The monoisotopic (exact) mass is 301 g/mol. The van der Waals surface area contributed by atoms with Crippen LogP contribution in [0.5, 0.6) is 0 Å². The molecular formula is C17H19NO4. The Kier molecular flexibility index (Phi) is 3.96. The minimum absolute atomic E-state index is 0.277. The van der Waals surface area contributed by atoms with E-state index >= 15 is 0 Å². The molecule has 0 saturated heterocycles. The number of carbonyl (C=O) groups is 3. The number of hydrogen-bond donors (Lipinski definition) is 0. The Bertz CT molecular complexity index is 632. The first-order valence-electron chi connectivity index (χ1n) is 7.71. The van der Waals surface area contributed by atoms with E-state index in [9.17, 15) is 14.4 Å². The minimum atomic E-state index is -0.428. The van der Waals surface area contributed by atoms with Gasteiger partial charge in [-0.15, -0.1) is 0 Å². The summed E-state index contributed by atoms with van der Waals surface area (Å²) in [6, 6.07) is 4.53. The second-order valence-corrected chi connectivity index (χ2v) is 6.03. The van der Waals surface area contributed by atoms with Gasteiger partial charge in [0.2, 0.25) is 0 Å². The molecule has 1 aliphatic heterocycles. The molecule has 0 N–H and O–H groups in total. The Balaban J connectivity index is 1.69. The zero-order valence-electron chi connectivity index (χ0n) is 12.6. The maximum Gasteiger partial charge on any atom is 0.338 e. The van der Waals surface area contributed by atoms with Crippen LogP contribution in [-0.4, -0.2) is 36.3 Å². The first-order valence-corrected chi connectivity index (χ1v) is 7.71. The molecule has 5 heteroatoms. The summed E-state index contributed by atoms with van der Waals surface area (Å²) in [6.07, 6.45) is 5.87. The number of benzene rings is 1. The van der Waals surface area contributed by atoms with Crippen molar-refractivity contribution < 1.29 is 19.1 Å².